The molecule has 0 atom stereocenters. The highest BCUT2D eigenvalue weighted by atomic mass is 32.2. The molecule has 10 nitrogen and oxygen atoms in total. The maximum atomic E-state index is 12.9. The van der Waals surface area contributed by atoms with E-state index in [0.717, 1.165) is 16.6 Å². The van der Waals surface area contributed by atoms with Crippen molar-refractivity contribution in [2.24, 2.45) is 7.05 Å². The third kappa shape index (κ3) is 4.93. The number of benzene rings is 1. The highest BCUT2D eigenvalue weighted by Crippen LogP contribution is 2.30. The van der Waals surface area contributed by atoms with Gasteiger partial charge in [-0.25, -0.2) is 18.1 Å². The Labute approximate surface area is 193 Å². The fourth-order valence-electron chi connectivity index (χ4n) is 3.63. The van der Waals surface area contributed by atoms with Crippen molar-refractivity contribution in [1.82, 2.24) is 19.1 Å². The standard InChI is InChI=1S/C22H29N5O5S/c1-7-27(8-2)33(29,30)16-9-10-18(31-6)17(12-16)24-19(28)13-32-22-20-14(3)11-15(4)23-21(20)26(5)25-22/h9-12H,7-8,13H2,1-6H3,(H,24,28). The molecule has 33 heavy (non-hydrogen) atoms. The molecule has 0 bridgehead atoms. The fraction of sp³-hybridized carbons (Fsp3) is 0.409. The summed E-state index contributed by atoms with van der Waals surface area (Å²) in [6, 6.07) is 6.27. The minimum Gasteiger partial charge on any atom is -0.495 e. The van der Waals surface area contributed by atoms with Gasteiger partial charge in [-0.15, -0.1) is 5.10 Å². The fourth-order valence-corrected chi connectivity index (χ4v) is 5.11. The van der Waals surface area contributed by atoms with Crippen LogP contribution in [0.15, 0.2) is 29.2 Å². The van der Waals surface area contributed by atoms with Crippen molar-refractivity contribution in [1.29, 1.82) is 0 Å². The number of nitrogens with one attached hydrogen (secondary N) is 1. The van der Waals surface area contributed by atoms with E-state index in [2.05, 4.69) is 15.4 Å². The van der Waals surface area contributed by atoms with Gasteiger partial charge >= 0.3 is 0 Å². The Morgan fingerprint density at radius 3 is 2.52 bits per heavy atom. The number of carbonyl (C=O) groups is 1. The number of ether oxygens (including phenoxy) is 2. The van der Waals surface area contributed by atoms with Crippen LogP contribution in [0.4, 0.5) is 5.69 Å². The van der Waals surface area contributed by atoms with Gasteiger partial charge in [-0.3, -0.25) is 4.79 Å². The first-order chi connectivity index (χ1) is 15.6. The number of carbonyl (C=O) groups excluding carboxylic acids is 1. The summed E-state index contributed by atoms with van der Waals surface area (Å²) >= 11 is 0. The normalized spacial score (nSPS) is 11.7. The zero-order chi connectivity index (χ0) is 24.3. The summed E-state index contributed by atoms with van der Waals surface area (Å²) in [7, 11) is -0.494. The van der Waals surface area contributed by atoms with E-state index in [-0.39, 0.29) is 17.2 Å². The second kappa shape index (κ2) is 9.75. The third-order valence-electron chi connectivity index (χ3n) is 5.22. The van der Waals surface area contributed by atoms with Crippen LogP contribution in [0.2, 0.25) is 0 Å². The maximum absolute atomic E-state index is 12.9. The van der Waals surface area contributed by atoms with E-state index in [0.29, 0.717) is 30.4 Å². The zero-order valence-corrected chi connectivity index (χ0v) is 20.5. The van der Waals surface area contributed by atoms with E-state index in [9.17, 15) is 13.2 Å². The molecule has 0 aliphatic rings. The maximum Gasteiger partial charge on any atom is 0.262 e. The molecular formula is C22H29N5O5S. The topological polar surface area (TPSA) is 116 Å². The Hall–Kier alpha value is -3.18. The Morgan fingerprint density at radius 2 is 1.88 bits per heavy atom. The smallest absolute Gasteiger partial charge is 0.262 e. The summed E-state index contributed by atoms with van der Waals surface area (Å²) in [5.41, 5.74) is 2.70. The lowest BCUT2D eigenvalue weighted by Gasteiger charge is -2.19. The van der Waals surface area contributed by atoms with E-state index in [1.165, 1.54) is 29.6 Å². The molecule has 3 aromatic rings. The van der Waals surface area contributed by atoms with Crippen molar-refractivity contribution in [2.45, 2.75) is 32.6 Å². The van der Waals surface area contributed by atoms with Crippen LogP contribution in [0, 0.1) is 13.8 Å². The zero-order valence-electron chi connectivity index (χ0n) is 19.7. The first-order valence-electron chi connectivity index (χ1n) is 10.5. The van der Waals surface area contributed by atoms with Crippen LogP contribution >= 0.6 is 0 Å². The molecule has 0 unspecified atom stereocenters. The SMILES string of the molecule is CCN(CC)S(=O)(=O)c1ccc(OC)c(NC(=O)COc2nn(C)c3nc(C)cc(C)c23)c1. The molecule has 0 saturated carbocycles. The highest BCUT2D eigenvalue weighted by Gasteiger charge is 2.23. The van der Waals surface area contributed by atoms with Crippen molar-refractivity contribution < 1.29 is 22.7 Å². The molecule has 0 saturated heterocycles. The van der Waals surface area contributed by atoms with Gasteiger partial charge in [-0.05, 0) is 43.7 Å². The van der Waals surface area contributed by atoms with E-state index in [1.54, 1.807) is 25.6 Å². The van der Waals surface area contributed by atoms with Crippen LogP contribution in [0.5, 0.6) is 11.6 Å². The molecule has 1 aromatic carbocycles. The number of anilines is 1. The first-order valence-corrected chi connectivity index (χ1v) is 12.0. The second-order valence-electron chi connectivity index (χ2n) is 7.50. The van der Waals surface area contributed by atoms with Crippen LogP contribution in [0.1, 0.15) is 25.1 Å². The van der Waals surface area contributed by atoms with Gasteiger partial charge in [-0.2, -0.15) is 4.31 Å². The summed E-state index contributed by atoms with van der Waals surface area (Å²) in [5.74, 6) is 0.153. The van der Waals surface area contributed by atoms with Gasteiger partial charge in [0.25, 0.3) is 5.91 Å². The molecule has 0 fully saturated rings. The van der Waals surface area contributed by atoms with Crippen molar-refractivity contribution in [3.05, 3.63) is 35.5 Å². The molecule has 0 aliphatic carbocycles. The number of hydrogen-bond donors (Lipinski definition) is 1. The molecule has 2 aromatic heterocycles. The Kier molecular flexibility index (Phi) is 7.23. The van der Waals surface area contributed by atoms with Crippen molar-refractivity contribution in [2.75, 3.05) is 32.1 Å². The summed E-state index contributed by atoms with van der Waals surface area (Å²) in [5, 5.41) is 7.74. The van der Waals surface area contributed by atoms with Gasteiger partial charge in [-0.1, -0.05) is 13.8 Å². The first kappa shape index (κ1) is 24.5. The number of aromatic nitrogens is 3. The average Bonchev–Trinajstić information content (AvgIpc) is 3.08. The van der Waals surface area contributed by atoms with E-state index < -0.39 is 15.9 Å². The number of aryl methyl sites for hydroxylation is 3. The largest absolute Gasteiger partial charge is 0.495 e. The number of fused-ring (bicyclic) bond motifs is 1. The summed E-state index contributed by atoms with van der Waals surface area (Å²) < 4.78 is 39.6. The molecule has 0 radical (unpaired) electrons. The van der Waals surface area contributed by atoms with Crippen molar-refractivity contribution >= 4 is 32.7 Å². The van der Waals surface area contributed by atoms with Gasteiger partial charge in [0.2, 0.25) is 15.9 Å². The quantitative estimate of drug-likeness (QED) is 0.506. The van der Waals surface area contributed by atoms with Gasteiger partial charge in [0.15, 0.2) is 12.3 Å². The number of nitrogens with zero attached hydrogens (tertiary/aromatic N) is 4. The van der Waals surface area contributed by atoms with Crippen molar-refractivity contribution in [3.8, 4) is 11.6 Å². The molecule has 1 amide bonds. The lowest BCUT2D eigenvalue weighted by atomic mass is 10.2. The predicted molar refractivity (Wildman–Crippen MR) is 125 cm³/mol. The molecule has 178 valence electrons. The highest BCUT2D eigenvalue weighted by molar-refractivity contribution is 7.89. The number of amides is 1. The molecule has 0 spiro atoms. The van der Waals surface area contributed by atoms with Gasteiger partial charge in [0.1, 0.15) is 5.75 Å². The van der Waals surface area contributed by atoms with Crippen LogP contribution in [-0.4, -0.2) is 60.2 Å². The summed E-state index contributed by atoms with van der Waals surface area (Å²) in [6.07, 6.45) is 0. The van der Waals surface area contributed by atoms with E-state index >= 15 is 0 Å². The average molecular weight is 476 g/mol. The van der Waals surface area contributed by atoms with Crippen LogP contribution < -0.4 is 14.8 Å². The molecular weight excluding hydrogens is 446 g/mol. The Bertz CT molecular complexity index is 1280. The number of sulfonamides is 1. The molecule has 2 heterocycles. The lowest BCUT2D eigenvalue weighted by Crippen LogP contribution is -2.30. The van der Waals surface area contributed by atoms with Gasteiger partial charge in [0.05, 0.1) is 23.1 Å². The third-order valence-corrected chi connectivity index (χ3v) is 7.26. The molecule has 11 heteroatoms. The van der Waals surface area contributed by atoms with Crippen molar-refractivity contribution in [3.63, 3.8) is 0 Å². The molecule has 3 rings (SSSR count). The van der Waals surface area contributed by atoms with Gasteiger partial charge in [0, 0.05) is 25.8 Å². The summed E-state index contributed by atoms with van der Waals surface area (Å²) in [4.78, 5) is 17.2. The van der Waals surface area contributed by atoms with Crippen LogP contribution in [0.25, 0.3) is 11.0 Å². The Balaban J connectivity index is 1.82. The lowest BCUT2D eigenvalue weighted by molar-refractivity contribution is -0.118. The van der Waals surface area contributed by atoms with E-state index in [4.69, 9.17) is 9.47 Å². The Morgan fingerprint density at radius 1 is 1.18 bits per heavy atom. The number of pyridine rings is 1. The monoisotopic (exact) mass is 475 g/mol. The predicted octanol–water partition coefficient (Wildman–Crippen LogP) is 2.64. The molecule has 0 aliphatic heterocycles. The van der Waals surface area contributed by atoms with Crippen LogP contribution in [0.3, 0.4) is 0 Å². The minimum absolute atomic E-state index is 0.0657. The number of methoxy groups -OCH3 is 1. The number of hydrogen-bond acceptors (Lipinski definition) is 7. The second-order valence-corrected chi connectivity index (χ2v) is 9.43. The number of rotatable bonds is 9. The van der Waals surface area contributed by atoms with Crippen LogP contribution in [-0.2, 0) is 21.9 Å². The van der Waals surface area contributed by atoms with Gasteiger partial charge < -0.3 is 14.8 Å². The minimum atomic E-state index is -3.69. The summed E-state index contributed by atoms with van der Waals surface area (Å²) in [6.45, 7) is 7.72. The van der Waals surface area contributed by atoms with E-state index in [1.807, 2.05) is 19.9 Å². The molecule has 1 N–H and O–H groups in total.